The lowest BCUT2D eigenvalue weighted by atomic mass is 10.0. The summed E-state index contributed by atoms with van der Waals surface area (Å²) in [6.45, 7) is 5.30. The van der Waals surface area contributed by atoms with E-state index in [-0.39, 0.29) is 0 Å². The van der Waals surface area contributed by atoms with Gasteiger partial charge in [-0.05, 0) is 43.3 Å². The normalized spacial score (nSPS) is 12.3. The van der Waals surface area contributed by atoms with Gasteiger partial charge in [0.15, 0.2) is 0 Å². The van der Waals surface area contributed by atoms with Crippen LogP contribution in [-0.4, -0.2) is 30.8 Å². The van der Waals surface area contributed by atoms with Crippen molar-refractivity contribution < 1.29 is 19.1 Å². The van der Waals surface area contributed by atoms with Gasteiger partial charge in [0.05, 0.1) is 7.11 Å². The van der Waals surface area contributed by atoms with E-state index in [4.69, 9.17) is 9.47 Å². The van der Waals surface area contributed by atoms with Crippen LogP contribution in [0.25, 0.3) is 10.4 Å². The molecule has 0 aliphatic carbocycles. The molecule has 0 fully saturated rings. The summed E-state index contributed by atoms with van der Waals surface area (Å²) in [7, 11) is 1.30. The molecule has 25 heavy (non-hydrogen) atoms. The molecule has 5 nitrogen and oxygen atoms in total. The van der Waals surface area contributed by atoms with Crippen molar-refractivity contribution in [1.82, 2.24) is 5.32 Å². The zero-order valence-electron chi connectivity index (χ0n) is 14.9. The minimum absolute atomic E-state index is 0.330. The average molecular weight is 361 g/mol. The summed E-state index contributed by atoms with van der Waals surface area (Å²) in [5, 5.41) is 4.61. The second-order valence-electron chi connectivity index (χ2n) is 6.60. The summed E-state index contributed by atoms with van der Waals surface area (Å²) in [4.78, 5) is 25.1. The maximum Gasteiger partial charge on any atom is 0.408 e. The van der Waals surface area contributed by atoms with Gasteiger partial charge in [-0.25, -0.2) is 9.59 Å². The Bertz CT molecular complexity index is 702. The smallest absolute Gasteiger partial charge is 0.408 e. The van der Waals surface area contributed by atoms with E-state index in [9.17, 15) is 9.59 Å². The van der Waals surface area contributed by atoms with Crippen LogP contribution in [0.1, 0.15) is 26.3 Å². The van der Waals surface area contributed by atoms with Gasteiger partial charge < -0.3 is 14.8 Å². The Morgan fingerprint density at radius 3 is 2.36 bits per heavy atom. The number of ether oxygens (including phenoxy) is 2. The Morgan fingerprint density at radius 2 is 1.84 bits per heavy atom. The molecule has 1 aromatic heterocycles. The Balaban J connectivity index is 2.06. The maximum absolute atomic E-state index is 12.0. The molecule has 0 saturated heterocycles. The summed E-state index contributed by atoms with van der Waals surface area (Å²) in [5.41, 5.74) is 1.41. The number of amides is 1. The Morgan fingerprint density at radius 1 is 1.16 bits per heavy atom. The van der Waals surface area contributed by atoms with Gasteiger partial charge >= 0.3 is 12.1 Å². The number of alkyl carbamates (subject to hydrolysis) is 1. The van der Waals surface area contributed by atoms with Crippen LogP contribution in [-0.2, 0) is 20.7 Å². The number of rotatable bonds is 5. The molecular formula is C19H23NO4S. The molecule has 1 N–H and O–H groups in total. The molecule has 0 bridgehead atoms. The van der Waals surface area contributed by atoms with Gasteiger partial charge in [-0.1, -0.05) is 30.3 Å². The minimum Gasteiger partial charge on any atom is -0.467 e. The molecule has 0 aliphatic rings. The van der Waals surface area contributed by atoms with E-state index < -0.39 is 23.7 Å². The summed E-state index contributed by atoms with van der Waals surface area (Å²) < 4.78 is 10.0. The van der Waals surface area contributed by atoms with Crippen LogP contribution in [0.3, 0.4) is 0 Å². The van der Waals surface area contributed by atoms with Gasteiger partial charge in [0, 0.05) is 11.3 Å². The maximum atomic E-state index is 12.0. The highest BCUT2D eigenvalue weighted by molar-refractivity contribution is 7.13. The van der Waals surface area contributed by atoms with Crippen molar-refractivity contribution in [3.05, 3.63) is 47.3 Å². The zero-order chi connectivity index (χ0) is 18.4. The molecule has 2 rings (SSSR count). The first-order chi connectivity index (χ1) is 11.8. The van der Waals surface area contributed by atoms with E-state index in [0.29, 0.717) is 6.42 Å². The number of hydrogen-bond acceptors (Lipinski definition) is 5. The third-order valence-corrected chi connectivity index (χ3v) is 4.30. The summed E-state index contributed by atoms with van der Waals surface area (Å²) in [6, 6.07) is 11.2. The third kappa shape index (κ3) is 5.90. The third-order valence-electron chi connectivity index (χ3n) is 3.38. The van der Waals surface area contributed by atoms with Crippen LogP contribution in [0.15, 0.2) is 41.8 Å². The van der Waals surface area contributed by atoms with Crippen LogP contribution in [0.4, 0.5) is 4.79 Å². The Kier molecular flexibility index (Phi) is 6.20. The fraction of sp³-hybridized carbons (Fsp3) is 0.368. The highest BCUT2D eigenvalue weighted by Gasteiger charge is 2.25. The van der Waals surface area contributed by atoms with Crippen LogP contribution < -0.4 is 5.32 Å². The molecule has 1 aromatic carbocycles. The number of methoxy groups -OCH3 is 1. The first-order valence-corrected chi connectivity index (χ1v) is 8.86. The molecule has 1 atom stereocenters. The first-order valence-electron chi connectivity index (χ1n) is 7.98. The Labute approximate surface area is 152 Å². The highest BCUT2D eigenvalue weighted by atomic mass is 32.1. The fourth-order valence-corrected chi connectivity index (χ4v) is 3.00. The minimum atomic E-state index is -0.799. The zero-order valence-corrected chi connectivity index (χ0v) is 15.7. The number of carbonyl (C=O) groups excluding carboxylic acids is 2. The molecule has 2 aromatic rings. The van der Waals surface area contributed by atoms with Crippen molar-refractivity contribution in [2.24, 2.45) is 0 Å². The van der Waals surface area contributed by atoms with Crippen molar-refractivity contribution in [3.63, 3.8) is 0 Å². The molecule has 0 radical (unpaired) electrons. The predicted octanol–water partition coefficient (Wildman–Crippen LogP) is 4.02. The fourth-order valence-electron chi connectivity index (χ4n) is 2.27. The summed E-state index contributed by atoms with van der Waals surface area (Å²) in [6.07, 6.45) is -0.311. The lowest BCUT2D eigenvalue weighted by molar-refractivity contribution is -0.143. The van der Waals surface area contributed by atoms with Crippen molar-refractivity contribution >= 4 is 23.4 Å². The van der Waals surface area contributed by atoms with E-state index in [1.54, 1.807) is 32.1 Å². The standard InChI is InChI=1S/C19H23NO4S/c1-19(2,3)24-18(22)20-15(17(21)23-4)12-13-7-9-14(10-8-13)16-6-5-11-25-16/h5-11,15H,12H2,1-4H3,(H,20,22). The summed E-state index contributed by atoms with van der Waals surface area (Å²) >= 11 is 1.67. The topological polar surface area (TPSA) is 64.6 Å². The lowest BCUT2D eigenvalue weighted by Crippen LogP contribution is -2.45. The number of benzene rings is 1. The van der Waals surface area contributed by atoms with Gasteiger partial charge in [0.2, 0.25) is 0 Å². The number of esters is 1. The van der Waals surface area contributed by atoms with E-state index in [2.05, 4.69) is 11.4 Å². The summed E-state index contributed by atoms with van der Waals surface area (Å²) in [5.74, 6) is -0.506. The molecule has 1 unspecified atom stereocenters. The van der Waals surface area contributed by atoms with Gasteiger partial charge in [0.25, 0.3) is 0 Å². The van der Waals surface area contributed by atoms with Crippen molar-refractivity contribution in [3.8, 4) is 10.4 Å². The number of carbonyl (C=O) groups is 2. The number of nitrogens with one attached hydrogen (secondary N) is 1. The first kappa shape index (κ1) is 19.0. The number of hydrogen-bond donors (Lipinski definition) is 1. The second-order valence-corrected chi connectivity index (χ2v) is 7.55. The largest absolute Gasteiger partial charge is 0.467 e. The molecule has 6 heteroatoms. The molecule has 0 aliphatic heterocycles. The second kappa shape index (κ2) is 8.16. The Hall–Kier alpha value is -2.34. The van der Waals surface area contributed by atoms with Gasteiger partial charge in [-0.2, -0.15) is 0 Å². The molecule has 1 amide bonds. The van der Waals surface area contributed by atoms with E-state index >= 15 is 0 Å². The predicted molar refractivity (Wildman–Crippen MR) is 98.6 cm³/mol. The quantitative estimate of drug-likeness (QED) is 0.817. The van der Waals surface area contributed by atoms with Gasteiger partial charge in [0.1, 0.15) is 11.6 Å². The SMILES string of the molecule is COC(=O)C(Cc1ccc(-c2cccs2)cc1)NC(=O)OC(C)(C)C. The molecule has 1 heterocycles. The van der Waals surface area contributed by atoms with Gasteiger partial charge in [-0.3, -0.25) is 0 Å². The van der Waals surface area contributed by atoms with E-state index in [1.165, 1.54) is 12.0 Å². The molecular weight excluding hydrogens is 338 g/mol. The van der Waals surface area contributed by atoms with Gasteiger partial charge in [-0.15, -0.1) is 11.3 Å². The highest BCUT2D eigenvalue weighted by Crippen LogP contribution is 2.25. The molecule has 0 spiro atoms. The van der Waals surface area contributed by atoms with Crippen molar-refractivity contribution in [2.75, 3.05) is 7.11 Å². The van der Waals surface area contributed by atoms with Crippen molar-refractivity contribution in [1.29, 1.82) is 0 Å². The number of thiophene rings is 1. The molecule has 0 saturated carbocycles. The van der Waals surface area contributed by atoms with Crippen molar-refractivity contribution in [2.45, 2.75) is 38.8 Å². The monoisotopic (exact) mass is 361 g/mol. The van der Waals surface area contributed by atoms with E-state index in [1.807, 2.05) is 35.7 Å². The molecule has 134 valence electrons. The lowest BCUT2D eigenvalue weighted by Gasteiger charge is -2.22. The van der Waals surface area contributed by atoms with Crippen LogP contribution in [0, 0.1) is 0 Å². The van der Waals surface area contributed by atoms with Crippen LogP contribution >= 0.6 is 11.3 Å². The van der Waals surface area contributed by atoms with Crippen LogP contribution in [0.5, 0.6) is 0 Å². The van der Waals surface area contributed by atoms with E-state index in [0.717, 1.165) is 11.1 Å². The average Bonchev–Trinajstić information content (AvgIpc) is 3.07. The van der Waals surface area contributed by atoms with Crippen LogP contribution in [0.2, 0.25) is 0 Å².